The van der Waals surface area contributed by atoms with Crippen molar-refractivity contribution in [1.82, 2.24) is 0 Å². The van der Waals surface area contributed by atoms with Crippen LogP contribution in [0.15, 0.2) is 30.4 Å². The summed E-state index contributed by atoms with van der Waals surface area (Å²) in [6.07, 6.45) is 0.629. The first-order chi connectivity index (χ1) is 7.49. The molecule has 0 unspecified atom stereocenters. The molecule has 0 aliphatic rings. The van der Waals surface area contributed by atoms with Crippen LogP contribution in [-0.2, 0) is 0 Å². The number of non-ortho nitro benzene ring substituents is 1. The first-order valence-electron chi connectivity index (χ1n) is 4.71. The molecule has 0 N–H and O–H groups in total. The molecule has 1 aromatic carbocycles. The van der Waals surface area contributed by atoms with Gasteiger partial charge in [-0.2, -0.15) is 0 Å². The lowest BCUT2D eigenvalue weighted by Gasteiger charge is -2.05. The number of hydrogen-bond donors (Lipinski definition) is 0. The third-order valence-electron chi connectivity index (χ3n) is 1.86. The molecule has 0 saturated carbocycles. The van der Waals surface area contributed by atoms with Gasteiger partial charge < -0.3 is 4.74 Å². The highest BCUT2D eigenvalue weighted by Gasteiger charge is 2.10. The van der Waals surface area contributed by atoms with Crippen LogP contribution in [0.25, 0.3) is 0 Å². The average Bonchev–Trinajstić information content (AvgIpc) is 2.16. The maximum absolute atomic E-state index is 13.0. The predicted octanol–water partition coefficient (Wildman–Crippen LogP) is 3.08. The summed E-state index contributed by atoms with van der Waals surface area (Å²) < 4.78 is 18.2. The van der Waals surface area contributed by atoms with Gasteiger partial charge in [-0.1, -0.05) is 5.57 Å². The van der Waals surface area contributed by atoms with Gasteiger partial charge in [-0.25, -0.2) is 4.39 Å². The summed E-state index contributed by atoms with van der Waals surface area (Å²) in [5.41, 5.74) is 0.622. The molecule has 0 saturated heterocycles. The van der Waals surface area contributed by atoms with Crippen molar-refractivity contribution in [2.45, 2.75) is 13.3 Å². The molecule has 0 aromatic heterocycles. The normalized spacial score (nSPS) is 9.88. The molecule has 0 aliphatic carbocycles. The van der Waals surface area contributed by atoms with Gasteiger partial charge in [-0.05, 0) is 6.92 Å². The molecule has 0 aliphatic heterocycles. The van der Waals surface area contributed by atoms with Crippen molar-refractivity contribution in [1.29, 1.82) is 0 Å². The zero-order valence-electron chi connectivity index (χ0n) is 8.90. The van der Waals surface area contributed by atoms with E-state index in [1.807, 2.05) is 6.92 Å². The number of nitro groups is 1. The van der Waals surface area contributed by atoms with E-state index in [0.29, 0.717) is 13.0 Å². The maximum Gasteiger partial charge on any atom is 0.276 e. The second kappa shape index (κ2) is 5.25. The average molecular weight is 225 g/mol. The van der Waals surface area contributed by atoms with Crippen molar-refractivity contribution < 1.29 is 14.1 Å². The van der Waals surface area contributed by atoms with E-state index < -0.39 is 10.7 Å². The lowest BCUT2D eigenvalue weighted by molar-refractivity contribution is -0.385. The van der Waals surface area contributed by atoms with Crippen LogP contribution in [0.3, 0.4) is 0 Å². The van der Waals surface area contributed by atoms with Crippen LogP contribution >= 0.6 is 0 Å². The summed E-state index contributed by atoms with van der Waals surface area (Å²) in [5, 5.41) is 10.5. The van der Waals surface area contributed by atoms with Crippen molar-refractivity contribution in [2.24, 2.45) is 0 Å². The van der Waals surface area contributed by atoms with E-state index in [1.165, 1.54) is 6.07 Å². The van der Waals surface area contributed by atoms with Crippen LogP contribution < -0.4 is 4.74 Å². The molecule has 86 valence electrons. The maximum atomic E-state index is 13.0. The molecule has 0 amide bonds. The van der Waals surface area contributed by atoms with Crippen molar-refractivity contribution in [3.05, 3.63) is 46.3 Å². The summed E-state index contributed by atoms with van der Waals surface area (Å²) in [7, 11) is 0. The fourth-order valence-corrected chi connectivity index (χ4v) is 1.08. The van der Waals surface area contributed by atoms with Crippen molar-refractivity contribution in [3.63, 3.8) is 0 Å². The van der Waals surface area contributed by atoms with E-state index >= 15 is 0 Å². The zero-order chi connectivity index (χ0) is 12.1. The Hall–Kier alpha value is -1.91. The molecule has 0 bridgehead atoms. The SMILES string of the molecule is C=C(C)CCOc1cc(F)cc([N+](=O)[O-])c1. The second-order valence-electron chi connectivity index (χ2n) is 3.46. The Morgan fingerprint density at radius 1 is 1.56 bits per heavy atom. The van der Waals surface area contributed by atoms with Crippen LogP contribution in [-0.4, -0.2) is 11.5 Å². The predicted molar refractivity (Wildman–Crippen MR) is 58.0 cm³/mol. The number of nitrogens with zero attached hydrogens (tertiary/aromatic N) is 1. The first-order valence-corrected chi connectivity index (χ1v) is 4.71. The summed E-state index contributed by atoms with van der Waals surface area (Å²) in [4.78, 5) is 9.80. The van der Waals surface area contributed by atoms with Gasteiger partial charge in [0.2, 0.25) is 0 Å². The van der Waals surface area contributed by atoms with E-state index in [2.05, 4.69) is 6.58 Å². The third kappa shape index (κ3) is 3.68. The van der Waals surface area contributed by atoms with E-state index in [-0.39, 0.29) is 11.4 Å². The molecule has 1 aromatic rings. The highest BCUT2D eigenvalue weighted by Crippen LogP contribution is 2.22. The monoisotopic (exact) mass is 225 g/mol. The molecule has 0 radical (unpaired) electrons. The summed E-state index contributed by atoms with van der Waals surface area (Å²) in [6, 6.07) is 3.17. The number of halogens is 1. The smallest absolute Gasteiger partial charge is 0.276 e. The van der Waals surface area contributed by atoms with Crippen LogP contribution in [0, 0.1) is 15.9 Å². The molecule has 1 rings (SSSR count). The van der Waals surface area contributed by atoms with Crippen LogP contribution in [0.1, 0.15) is 13.3 Å². The number of nitro benzene ring substituents is 1. The standard InChI is InChI=1S/C11H12FNO3/c1-8(2)3-4-16-11-6-9(12)5-10(7-11)13(14)15/h5-7H,1,3-4H2,2H3. The van der Waals surface area contributed by atoms with Gasteiger partial charge in [0.1, 0.15) is 11.6 Å². The molecule has 0 spiro atoms. The quantitative estimate of drug-likeness (QED) is 0.439. The first kappa shape index (κ1) is 12.2. The lowest BCUT2D eigenvalue weighted by atomic mass is 10.2. The molecular formula is C11H12FNO3. The minimum Gasteiger partial charge on any atom is -0.493 e. The van der Waals surface area contributed by atoms with E-state index in [9.17, 15) is 14.5 Å². The van der Waals surface area contributed by atoms with Crippen molar-refractivity contribution >= 4 is 5.69 Å². The third-order valence-corrected chi connectivity index (χ3v) is 1.86. The Morgan fingerprint density at radius 3 is 2.81 bits per heavy atom. The topological polar surface area (TPSA) is 52.4 Å². The van der Waals surface area contributed by atoms with Gasteiger partial charge in [0.15, 0.2) is 0 Å². The fraction of sp³-hybridized carbons (Fsp3) is 0.273. The Labute approximate surface area is 92.5 Å². The van der Waals surface area contributed by atoms with Gasteiger partial charge in [-0.15, -0.1) is 6.58 Å². The van der Waals surface area contributed by atoms with E-state index in [4.69, 9.17) is 4.74 Å². The minimum absolute atomic E-state index is 0.160. The van der Waals surface area contributed by atoms with Gasteiger partial charge in [0.25, 0.3) is 5.69 Å². The Bertz CT molecular complexity index is 418. The zero-order valence-corrected chi connectivity index (χ0v) is 8.90. The summed E-state index contributed by atoms with van der Waals surface area (Å²) in [5.74, 6) is -0.521. The Kier molecular flexibility index (Phi) is 3.99. The largest absolute Gasteiger partial charge is 0.493 e. The van der Waals surface area contributed by atoms with Gasteiger partial charge in [0.05, 0.1) is 23.7 Å². The van der Waals surface area contributed by atoms with Gasteiger partial charge >= 0.3 is 0 Å². The van der Waals surface area contributed by atoms with Gasteiger partial charge in [0, 0.05) is 12.5 Å². The Morgan fingerprint density at radius 2 is 2.25 bits per heavy atom. The molecule has 0 atom stereocenters. The summed E-state index contributed by atoms with van der Waals surface area (Å²) in [6.45, 7) is 5.86. The van der Waals surface area contributed by atoms with Gasteiger partial charge in [-0.3, -0.25) is 10.1 Å². The Balaban J connectivity index is 2.72. The number of rotatable bonds is 5. The molecule has 0 fully saturated rings. The number of hydrogen-bond acceptors (Lipinski definition) is 3. The van der Waals surface area contributed by atoms with Crippen LogP contribution in [0.4, 0.5) is 10.1 Å². The molecular weight excluding hydrogens is 213 g/mol. The molecule has 4 nitrogen and oxygen atoms in total. The van der Waals surface area contributed by atoms with E-state index in [0.717, 1.165) is 17.7 Å². The number of benzene rings is 1. The minimum atomic E-state index is -0.681. The van der Waals surface area contributed by atoms with Crippen molar-refractivity contribution in [2.75, 3.05) is 6.61 Å². The lowest BCUT2D eigenvalue weighted by Crippen LogP contribution is -1.99. The highest BCUT2D eigenvalue weighted by atomic mass is 19.1. The highest BCUT2D eigenvalue weighted by molar-refractivity contribution is 5.38. The van der Waals surface area contributed by atoms with Crippen LogP contribution in [0.2, 0.25) is 0 Å². The van der Waals surface area contributed by atoms with E-state index in [1.54, 1.807) is 0 Å². The number of ether oxygens (including phenoxy) is 1. The molecule has 0 heterocycles. The molecule has 16 heavy (non-hydrogen) atoms. The van der Waals surface area contributed by atoms with Crippen molar-refractivity contribution in [3.8, 4) is 5.75 Å². The molecule has 5 heteroatoms. The van der Waals surface area contributed by atoms with Crippen LogP contribution in [0.5, 0.6) is 5.75 Å². The fourth-order valence-electron chi connectivity index (χ4n) is 1.08. The summed E-state index contributed by atoms with van der Waals surface area (Å²) >= 11 is 0. The second-order valence-corrected chi connectivity index (χ2v) is 3.46.